The molecule has 0 aromatic carbocycles. The summed E-state index contributed by atoms with van der Waals surface area (Å²) in [6, 6.07) is 1.69. The average molecular weight is 180 g/mol. The van der Waals surface area contributed by atoms with Crippen molar-refractivity contribution in [2.75, 3.05) is 24.2 Å². The smallest absolute Gasteiger partial charge is 0.226 e. The summed E-state index contributed by atoms with van der Waals surface area (Å²) in [5.41, 5.74) is 5.55. The van der Waals surface area contributed by atoms with Crippen LogP contribution in [-0.4, -0.2) is 23.6 Å². The Balaban J connectivity index is 2.60. The van der Waals surface area contributed by atoms with Gasteiger partial charge in [-0.05, 0) is 12.5 Å². The Bertz CT molecular complexity index is 262. The molecule has 2 N–H and O–H groups in total. The third-order valence-electron chi connectivity index (χ3n) is 1.85. The third kappa shape index (κ3) is 2.89. The zero-order valence-electron chi connectivity index (χ0n) is 8.20. The van der Waals surface area contributed by atoms with E-state index in [0.717, 1.165) is 13.0 Å². The van der Waals surface area contributed by atoms with Gasteiger partial charge in [-0.1, -0.05) is 13.3 Å². The van der Waals surface area contributed by atoms with Crippen LogP contribution in [0.3, 0.4) is 0 Å². The summed E-state index contributed by atoms with van der Waals surface area (Å²) < 4.78 is 0. The molecule has 1 aromatic rings. The van der Waals surface area contributed by atoms with E-state index < -0.39 is 0 Å². The van der Waals surface area contributed by atoms with E-state index >= 15 is 0 Å². The fraction of sp³-hybridized carbons (Fsp3) is 0.556. The number of hydrogen-bond acceptors (Lipinski definition) is 4. The molecule has 0 unspecified atom stereocenters. The fourth-order valence-electron chi connectivity index (χ4n) is 1.04. The zero-order valence-corrected chi connectivity index (χ0v) is 8.20. The van der Waals surface area contributed by atoms with Gasteiger partial charge in [-0.2, -0.15) is 4.98 Å². The van der Waals surface area contributed by atoms with Crippen LogP contribution in [0.2, 0.25) is 0 Å². The molecular weight excluding hydrogens is 164 g/mol. The second kappa shape index (κ2) is 4.64. The van der Waals surface area contributed by atoms with Crippen LogP contribution in [0.4, 0.5) is 11.8 Å². The highest BCUT2D eigenvalue weighted by Crippen LogP contribution is 2.06. The van der Waals surface area contributed by atoms with E-state index in [2.05, 4.69) is 16.9 Å². The van der Waals surface area contributed by atoms with E-state index in [1.807, 2.05) is 11.9 Å². The molecule has 1 heterocycles. The van der Waals surface area contributed by atoms with Crippen LogP contribution in [0.15, 0.2) is 12.3 Å². The molecule has 0 fully saturated rings. The van der Waals surface area contributed by atoms with E-state index in [1.54, 1.807) is 12.3 Å². The number of anilines is 2. The van der Waals surface area contributed by atoms with Crippen LogP contribution in [-0.2, 0) is 0 Å². The SMILES string of the molecule is CCCCN(C)c1nccc(N)n1. The van der Waals surface area contributed by atoms with Crippen LogP contribution in [0.1, 0.15) is 19.8 Å². The summed E-state index contributed by atoms with van der Waals surface area (Å²) >= 11 is 0. The van der Waals surface area contributed by atoms with Gasteiger partial charge in [0.15, 0.2) is 0 Å². The molecule has 4 heteroatoms. The van der Waals surface area contributed by atoms with Gasteiger partial charge in [0, 0.05) is 19.8 Å². The summed E-state index contributed by atoms with van der Waals surface area (Å²) in [5, 5.41) is 0. The lowest BCUT2D eigenvalue weighted by Crippen LogP contribution is -2.21. The van der Waals surface area contributed by atoms with Gasteiger partial charge in [0.25, 0.3) is 0 Å². The van der Waals surface area contributed by atoms with Gasteiger partial charge in [0.05, 0.1) is 0 Å². The minimum atomic E-state index is 0.522. The lowest BCUT2D eigenvalue weighted by molar-refractivity contribution is 0.750. The summed E-state index contributed by atoms with van der Waals surface area (Å²) in [7, 11) is 1.98. The number of unbranched alkanes of at least 4 members (excludes halogenated alkanes) is 1. The number of nitrogens with zero attached hydrogens (tertiary/aromatic N) is 3. The normalized spacial score (nSPS) is 10.0. The number of nitrogen functional groups attached to an aromatic ring is 1. The van der Waals surface area contributed by atoms with Gasteiger partial charge in [-0.25, -0.2) is 4.98 Å². The van der Waals surface area contributed by atoms with E-state index in [1.165, 1.54) is 6.42 Å². The molecule has 0 saturated heterocycles. The number of nitrogens with two attached hydrogens (primary N) is 1. The van der Waals surface area contributed by atoms with Crippen molar-refractivity contribution in [1.82, 2.24) is 9.97 Å². The van der Waals surface area contributed by atoms with Crippen LogP contribution in [0, 0.1) is 0 Å². The monoisotopic (exact) mass is 180 g/mol. The van der Waals surface area contributed by atoms with Gasteiger partial charge in [0.2, 0.25) is 5.95 Å². The third-order valence-corrected chi connectivity index (χ3v) is 1.85. The molecule has 72 valence electrons. The molecule has 4 nitrogen and oxygen atoms in total. The Labute approximate surface area is 78.8 Å². The van der Waals surface area contributed by atoms with Crippen molar-refractivity contribution in [3.8, 4) is 0 Å². The predicted molar refractivity (Wildman–Crippen MR) is 54.6 cm³/mol. The Morgan fingerprint density at radius 1 is 1.54 bits per heavy atom. The topological polar surface area (TPSA) is 55.0 Å². The van der Waals surface area contributed by atoms with Crippen molar-refractivity contribution < 1.29 is 0 Å². The number of hydrogen-bond donors (Lipinski definition) is 1. The minimum absolute atomic E-state index is 0.522. The summed E-state index contributed by atoms with van der Waals surface area (Å²) in [6.07, 6.45) is 4.00. The lowest BCUT2D eigenvalue weighted by Gasteiger charge is -2.15. The van der Waals surface area contributed by atoms with Gasteiger partial charge in [0.1, 0.15) is 5.82 Å². The van der Waals surface area contributed by atoms with Crippen LogP contribution in [0.25, 0.3) is 0 Å². The van der Waals surface area contributed by atoms with E-state index in [-0.39, 0.29) is 0 Å². The maximum atomic E-state index is 5.55. The molecule has 13 heavy (non-hydrogen) atoms. The highest BCUT2D eigenvalue weighted by molar-refractivity contribution is 5.36. The highest BCUT2D eigenvalue weighted by atomic mass is 15.2. The van der Waals surface area contributed by atoms with Gasteiger partial charge >= 0.3 is 0 Å². The lowest BCUT2D eigenvalue weighted by atomic mass is 10.3. The second-order valence-corrected chi connectivity index (χ2v) is 3.06. The maximum absolute atomic E-state index is 5.55. The van der Waals surface area contributed by atoms with E-state index in [0.29, 0.717) is 11.8 Å². The predicted octanol–water partition coefficient (Wildman–Crippen LogP) is 1.30. The van der Waals surface area contributed by atoms with Crippen molar-refractivity contribution in [3.63, 3.8) is 0 Å². The van der Waals surface area contributed by atoms with Gasteiger partial charge in [-0.15, -0.1) is 0 Å². The highest BCUT2D eigenvalue weighted by Gasteiger charge is 2.02. The van der Waals surface area contributed by atoms with E-state index in [4.69, 9.17) is 5.73 Å². The van der Waals surface area contributed by atoms with E-state index in [9.17, 15) is 0 Å². The first kappa shape index (κ1) is 9.77. The Morgan fingerprint density at radius 2 is 2.31 bits per heavy atom. The first-order valence-corrected chi connectivity index (χ1v) is 4.53. The molecule has 0 atom stereocenters. The first-order chi connectivity index (χ1) is 6.24. The molecular formula is C9H16N4. The fourth-order valence-corrected chi connectivity index (χ4v) is 1.04. The standard InChI is InChI=1S/C9H16N4/c1-3-4-7-13(2)9-11-6-5-8(10)12-9/h5-6H,3-4,7H2,1-2H3,(H2,10,11,12). The van der Waals surface area contributed by atoms with Gasteiger partial charge in [-0.3, -0.25) is 0 Å². The molecule has 0 aliphatic heterocycles. The average Bonchev–Trinajstić information content (AvgIpc) is 2.14. The minimum Gasteiger partial charge on any atom is -0.384 e. The maximum Gasteiger partial charge on any atom is 0.226 e. The summed E-state index contributed by atoms with van der Waals surface area (Å²) in [6.45, 7) is 3.13. The van der Waals surface area contributed by atoms with Crippen molar-refractivity contribution in [2.45, 2.75) is 19.8 Å². The molecule has 0 bridgehead atoms. The summed E-state index contributed by atoms with van der Waals surface area (Å²) in [5.74, 6) is 1.22. The number of rotatable bonds is 4. The molecule has 0 amide bonds. The van der Waals surface area contributed by atoms with Crippen LogP contribution < -0.4 is 10.6 Å². The van der Waals surface area contributed by atoms with Crippen LogP contribution in [0.5, 0.6) is 0 Å². The molecule has 0 aliphatic carbocycles. The number of aromatic nitrogens is 2. The Hall–Kier alpha value is -1.32. The molecule has 0 radical (unpaired) electrons. The van der Waals surface area contributed by atoms with Crippen LogP contribution >= 0.6 is 0 Å². The summed E-state index contributed by atoms with van der Waals surface area (Å²) in [4.78, 5) is 10.3. The Kier molecular flexibility index (Phi) is 3.49. The molecule has 1 aromatic heterocycles. The van der Waals surface area contributed by atoms with Crippen molar-refractivity contribution in [3.05, 3.63) is 12.3 Å². The molecule has 0 spiro atoms. The molecule has 0 saturated carbocycles. The second-order valence-electron chi connectivity index (χ2n) is 3.06. The van der Waals surface area contributed by atoms with Crippen molar-refractivity contribution in [1.29, 1.82) is 0 Å². The largest absolute Gasteiger partial charge is 0.384 e. The molecule has 1 rings (SSSR count). The van der Waals surface area contributed by atoms with Crippen molar-refractivity contribution >= 4 is 11.8 Å². The zero-order chi connectivity index (χ0) is 9.68. The van der Waals surface area contributed by atoms with Crippen molar-refractivity contribution in [2.24, 2.45) is 0 Å². The quantitative estimate of drug-likeness (QED) is 0.758. The Morgan fingerprint density at radius 3 is 2.92 bits per heavy atom. The molecule has 0 aliphatic rings. The van der Waals surface area contributed by atoms with Gasteiger partial charge < -0.3 is 10.6 Å². The first-order valence-electron chi connectivity index (χ1n) is 4.53.